The normalized spacial score (nSPS) is 15.8. The second-order valence-electron chi connectivity index (χ2n) is 10.1. The number of nitrogens with one attached hydrogen (secondary N) is 2. The molecule has 0 fully saturated rings. The van der Waals surface area contributed by atoms with Crippen LogP contribution in [0.15, 0.2) is 30.3 Å². The zero-order chi connectivity index (χ0) is 26.2. The molecule has 1 aromatic rings. The smallest absolute Gasteiger partial charge is 0.166 e. The van der Waals surface area contributed by atoms with Gasteiger partial charge in [-0.2, -0.15) is 4.94 Å². The van der Waals surface area contributed by atoms with Gasteiger partial charge in [-0.25, -0.2) is 0 Å². The maximum absolute atomic E-state index is 13.2. The average Bonchev–Trinajstić information content (AvgIpc) is 2.81. The number of Topliss-reactive ketones (excluding diaryl/α,β-unsaturated/α-hetero) is 1. The summed E-state index contributed by atoms with van der Waals surface area (Å²) in [7, 11) is 2.05. The third kappa shape index (κ3) is 14.5. The van der Waals surface area contributed by atoms with Crippen LogP contribution in [0, 0.1) is 17.8 Å². The van der Waals surface area contributed by atoms with Crippen LogP contribution >= 0.6 is 12.2 Å². The number of benzene rings is 1. The number of nitrogens with zero attached hydrogens (tertiary/aromatic N) is 1. The molecule has 1 rings (SSSR count). The number of halogens is 1. The Labute approximate surface area is 216 Å². The van der Waals surface area contributed by atoms with E-state index in [0.717, 1.165) is 39.0 Å². The minimum atomic E-state index is -0.958. The molecular formula is C27H46FN3O3S. The topological polar surface area (TPSA) is 73.8 Å². The molecule has 1 unspecified atom stereocenters. The van der Waals surface area contributed by atoms with Crippen LogP contribution in [0.5, 0.6) is 0 Å². The van der Waals surface area contributed by atoms with E-state index < -0.39 is 12.2 Å². The Balaban J connectivity index is 2.20. The molecular weight excluding hydrogens is 465 g/mol. The lowest BCUT2D eigenvalue weighted by atomic mass is 9.87. The lowest BCUT2D eigenvalue weighted by Crippen LogP contribution is -2.40. The molecule has 0 heterocycles. The molecule has 0 aliphatic carbocycles. The number of ketones is 1. The third-order valence-electron chi connectivity index (χ3n) is 6.28. The van der Waals surface area contributed by atoms with E-state index in [1.165, 1.54) is 12.5 Å². The Morgan fingerprint density at radius 2 is 1.69 bits per heavy atom. The summed E-state index contributed by atoms with van der Waals surface area (Å²) in [5, 5.41) is 16.6. The molecule has 0 aliphatic heterocycles. The maximum Gasteiger partial charge on any atom is 0.166 e. The molecule has 5 atom stereocenters. The van der Waals surface area contributed by atoms with Crippen molar-refractivity contribution in [3.8, 4) is 0 Å². The van der Waals surface area contributed by atoms with E-state index in [1.807, 2.05) is 27.0 Å². The van der Waals surface area contributed by atoms with Crippen LogP contribution < -0.4 is 10.6 Å². The monoisotopic (exact) mass is 511 g/mol. The maximum atomic E-state index is 13.2. The van der Waals surface area contributed by atoms with E-state index in [2.05, 4.69) is 51.7 Å². The minimum absolute atomic E-state index is 0.129. The standard InChI is InChI=1S/C27H46FN3O3S/c1-20(16-22(3)26(33)23(4)32)17-25(34-28)18-21(2)19-31(5)15-14-30-27(35)29-13-9-12-24-10-7-6-8-11-24/h6-8,10-11,20-23,25,32H,9,12-19H2,1-5H3,(H2,29,30,35)/t20-,21+,22?,23-,25+/m0/s1. The number of aliphatic hydroxyl groups is 1. The van der Waals surface area contributed by atoms with Gasteiger partial charge in [-0.15, -0.1) is 0 Å². The molecule has 0 saturated carbocycles. The predicted octanol–water partition coefficient (Wildman–Crippen LogP) is 4.31. The summed E-state index contributed by atoms with van der Waals surface area (Å²) in [5.74, 6) is -0.0258. The second-order valence-corrected chi connectivity index (χ2v) is 10.6. The Morgan fingerprint density at radius 3 is 2.31 bits per heavy atom. The second kappa shape index (κ2) is 17.8. The quantitative estimate of drug-likeness (QED) is 0.200. The SMILES string of the molecule is CC(C[C@H](C)C[C@H](C[C@@H](C)CN(C)CCNC(=S)NCCCc1ccccc1)OF)C(=O)[C@H](C)O. The molecule has 0 radical (unpaired) electrons. The molecule has 0 aliphatic rings. The highest BCUT2D eigenvalue weighted by atomic mass is 32.1. The molecule has 35 heavy (non-hydrogen) atoms. The highest BCUT2D eigenvalue weighted by molar-refractivity contribution is 7.80. The Morgan fingerprint density at radius 1 is 1.06 bits per heavy atom. The van der Waals surface area contributed by atoms with Gasteiger partial charge in [0.2, 0.25) is 0 Å². The van der Waals surface area contributed by atoms with E-state index in [4.69, 9.17) is 12.2 Å². The summed E-state index contributed by atoms with van der Waals surface area (Å²) in [6, 6.07) is 10.4. The van der Waals surface area contributed by atoms with Gasteiger partial charge in [0.15, 0.2) is 10.9 Å². The first-order valence-corrected chi connectivity index (χ1v) is 13.3. The molecule has 0 amide bonds. The molecule has 0 bridgehead atoms. The first-order chi connectivity index (χ1) is 16.6. The zero-order valence-electron chi connectivity index (χ0n) is 22.1. The summed E-state index contributed by atoms with van der Waals surface area (Å²) in [5.41, 5.74) is 1.33. The highest BCUT2D eigenvalue weighted by Crippen LogP contribution is 2.23. The van der Waals surface area contributed by atoms with Gasteiger partial charge in [-0.1, -0.05) is 51.1 Å². The number of carbonyl (C=O) groups is 1. The molecule has 0 aromatic heterocycles. The van der Waals surface area contributed by atoms with Crippen LogP contribution in [-0.4, -0.2) is 66.3 Å². The van der Waals surface area contributed by atoms with E-state index in [9.17, 15) is 14.4 Å². The van der Waals surface area contributed by atoms with Crippen LogP contribution in [0.3, 0.4) is 0 Å². The van der Waals surface area contributed by atoms with Crippen molar-refractivity contribution < 1.29 is 19.4 Å². The lowest BCUT2D eigenvalue weighted by molar-refractivity contribution is -0.189. The van der Waals surface area contributed by atoms with Crippen LogP contribution in [0.25, 0.3) is 0 Å². The number of rotatable bonds is 18. The van der Waals surface area contributed by atoms with Gasteiger partial charge < -0.3 is 20.6 Å². The molecule has 8 heteroatoms. The van der Waals surface area contributed by atoms with E-state index in [0.29, 0.717) is 24.4 Å². The fourth-order valence-corrected chi connectivity index (χ4v) is 4.76. The van der Waals surface area contributed by atoms with Crippen LogP contribution in [0.2, 0.25) is 0 Å². The number of thiocarbonyl (C=S) groups is 1. The van der Waals surface area contributed by atoms with Gasteiger partial charge in [-0.3, -0.25) is 4.79 Å². The summed E-state index contributed by atoms with van der Waals surface area (Å²) in [4.78, 5) is 18.4. The van der Waals surface area contributed by atoms with Gasteiger partial charge >= 0.3 is 0 Å². The van der Waals surface area contributed by atoms with Crippen molar-refractivity contribution in [1.82, 2.24) is 15.5 Å². The van der Waals surface area contributed by atoms with Crippen LogP contribution in [0.4, 0.5) is 4.53 Å². The number of hydrogen-bond acceptors (Lipinski definition) is 5. The van der Waals surface area contributed by atoms with Crippen molar-refractivity contribution in [3.63, 3.8) is 0 Å². The first kappa shape index (κ1) is 31.4. The van der Waals surface area contributed by atoms with E-state index in [1.54, 1.807) is 0 Å². The molecule has 6 nitrogen and oxygen atoms in total. The van der Waals surface area contributed by atoms with Gasteiger partial charge in [-0.05, 0) is 80.2 Å². The predicted molar refractivity (Wildman–Crippen MR) is 145 cm³/mol. The van der Waals surface area contributed by atoms with Crippen molar-refractivity contribution >= 4 is 23.1 Å². The van der Waals surface area contributed by atoms with Gasteiger partial charge in [0.05, 0.1) is 6.10 Å². The number of aliphatic hydroxyl groups excluding tert-OH is 1. The summed E-state index contributed by atoms with van der Waals surface area (Å²) in [6.07, 6.45) is 2.37. The van der Waals surface area contributed by atoms with Gasteiger partial charge in [0.25, 0.3) is 0 Å². The first-order valence-electron chi connectivity index (χ1n) is 12.9. The van der Waals surface area contributed by atoms with Crippen molar-refractivity contribution in [3.05, 3.63) is 35.9 Å². The average molecular weight is 512 g/mol. The van der Waals surface area contributed by atoms with Crippen LogP contribution in [0.1, 0.15) is 58.9 Å². The van der Waals surface area contributed by atoms with Gasteiger partial charge in [0.1, 0.15) is 6.10 Å². The van der Waals surface area contributed by atoms with Crippen LogP contribution in [-0.2, 0) is 16.2 Å². The molecule has 200 valence electrons. The number of carbonyl (C=O) groups excluding carboxylic acids is 1. The molecule has 0 saturated heterocycles. The highest BCUT2D eigenvalue weighted by Gasteiger charge is 2.24. The van der Waals surface area contributed by atoms with Crippen molar-refractivity contribution in [2.24, 2.45) is 17.8 Å². The minimum Gasteiger partial charge on any atom is -0.386 e. The summed E-state index contributed by atoms with van der Waals surface area (Å²) >= 11 is 5.36. The fourth-order valence-electron chi connectivity index (χ4n) is 4.55. The summed E-state index contributed by atoms with van der Waals surface area (Å²) in [6.45, 7) is 10.6. The number of likely N-dealkylation sites (N-methyl/N-ethyl adjacent to an activating group) is 1. The Kier molecular flexibility index (Phi) is 15.9. The lowest BCUT2D eigenvalue weighted by Gasteiger charge is -2.25. The van der Waals surface area contributed by atoms with Crippen molar-refractivity contribution in [2.75, 3.05) is 33.2 Å². The molecule has 1 aromatic carbocycles. The Hall–Kier alpha value is -1.61. The van der Waals surface area contributed by atoms with Crippen molar-refractivity contribution in [2.45, 2.75) is 72.0 Å². The zero-order valence-corrected chi connectivity index (χ0v) is 23.0. The number of aryl methyl sites for hydroxylation is 1. The molecule has 0 spiro atoms. The van der Waals surface area contributed by atoms with Crippen molar-refractivity contribution in [1.29, 1.82) is 0 Å². The number of hydrogen-bond donors (Lipinski definition) is 3. The summed E-state index contributed by atoms with van der Waals surface area (Å²) < 4.78 is 13.2. The fraction of sp³-hybridized carbons (Fsp3) is 0.704. The Bertz CT molecular complexity index is 723. The third-order valence-corrected chi connectivity index (χ3v) is 6.57. The molecule has 3 N–H and O–H groups in total. The largest absolute Gasteiger partial charge is 0.386 e. The van der Waals surface area contributed by atoms with E-state index >= 15 is 0 Å². The van der Waals surface area contributed by atoms with E-state index in [-0.39, 0.29) is 23.5 Å². The van der Waals surface area contributed by atoms with Gasteiger partial charge in [0, 0.05) is 32.1 Å².